The molecule has 0 fully saturated rings. The molecule has 2 aromatic rings. The highest BCUT2D eigenvalue weighted by molar-refractivity contribution is 6.31. The van der Waals surface area contributed by atoms with Gasteiger partial charge in [0, 0.05) is 16.7 Å². The van der Waals surface area contributed by atoms with E-state index in [4.69, 9.17) is 25.9 Å². The van der Waals surface area contributed by atoms with Crippen LogP contribution in [0.1, 0.15) is 27.4 Å². The molecule has 112 valence electrons. The number of furan rings is 1. The SMILES string of the molecule is COc1cc(Cl)c(C)cc1NCc1cc(C)c(C(=O)O)o1. The van der Waals surface area contributed by atoms with Gasteiger partial charge in [-0.15, -0.1) is 0 Å². The number of hydrogen-bond donors (Lipinski definition) is 2. The standard InChI is InChI=1S/C15H16ClNO4/c1-8-5-12(13(20-3)6-11(8)16)17-7-10-4-9(2)14(21-10)15(18)19/h4-6,17H,7H2,1-3H3,(H,18,19). The minimum absolute atomic E-state index is 0.0361. The van der Waals surface area contributed by atoms with Crippen molar-refractivity contribution in [3.05, 3.63) is 45.9 Å². The van der Waals surface area contributed by atoms with Gasteiger partial charge in [-0.25, -0.2) is 4.79 Å². The van der Waals surface area contributed by atoms with Crippen molar-refractivity contribution >= 4 is 23.3 Å². The molecule has 0 bridgehead atoms. The van der Waals surface area contributed by atoms with Crippen LogP contribution in [0.2, 0.25) is 5.02 Å². The smallest absolute Gasteiger partial charge is 0.372 e. The second-order valence-corrected chi connectivity index (χ2v) is 5.09. The monoisotopic (exact) mass is 309 g/mol. The van der Waals surface area contributed by atoms with Crippen LogP contribution in [0.25, 0.3) is 0 Å². The maximum absolute atomic E-state index is 10.9. The van der Waals surface area contributed by atoms with E-state index in [9.17, 15) is 4.79 Å². The third-order valence-corrected chi connectivity index (χ3v) is 3.50. The number of methoxy groups -OCH3 is 1. The quantitative estimate of drug-likeness (QED) is 0.877. The van der Waals surface area contributed by atoms with E-state index in [1.807, 2.05) is 13.0 Å². The number of anilines is 1. The highest BCUT2D eigenvalue weighted by Crippen LogP contribution is 2.31. The highest BCUT2D eigenvalue weighted by atomic mass is 35.5. The predicted molar refractivity (Wildman–Crippen MR) is 80.5 cm³/mol. The molecule has 1 aromatic carbocycles. The third-order valence-electron chi connectivity index (χ3n) is 3.10. The summed E-state index contributed by atoms with van der Waals surface area (Å²) in [7, 11) is 1.56. The van der Waals surface area contributed by atoms with Crippen LogP contribution in [0.3, 0.4) is 0 Å². The number of carboxylic acids is 1. The van der Waals surface area contributed by atoms with Crippen molar-refractivity contribution in [1.29, 1.82) is 0 Å². The van der Waals surface area contributed by atoms with Crippen LogP contribution in [-0.4, -0.2) is 18.2 Å². The number of rotatable bonds is 5. The van der Waals surface area contributed by atoms with Crippen molar-refractivity contribution in [2.24, 2.45) is 0 Å². The lowest BCUT2D eigenvalue weighted by Crippen LogP contribution is -2.01. The Morgan fingerprint density at radius 1 is 1.33 bits per heavy atom. The Morgan fingerprint density at radius 2 is 2.05 bits per heavy atom. The molecule has 2 N–H and O–H groups in total. The van der Waals surface area contributed by atoms with Crippen LogP contribution in [0.15, 0.2) is 22.6 Å². The number of benzene rings is 1. The fourth-order valence-electron chi connectivity index (χ4n) is 2.00. The van der Waals surface area contributed by atoms with Gasteiger partial charge in [0.25, 0.3) is 0 Å². The van der Waals surface area contributed by atoms with Gasteiger partial charge in [-0.2, -0.15) is 0 Å². The molecule has 0 aliphatic carbocycles. The van der Waals surface area contributed by atoms with Gasteiger partial charge in [-0.1, -0.05) is 11.6 Å². The second-order valence-electron chi connectivity index (χ2n) is 4.69. The molecule has 0 aliphatic heterocycles. The van der Waals surface area contributed by atoms with Crippen molar-refractivity contribution in [2.75, 3.05) is 12.4 Å². The Morgan fingerprint density at radius 3 is 2.62 bits per heavy atom. The first-order chi connectivity index (χ1) is 9.92. The molecule has 21 heavy (non-hydrogen) atoms. The average molecular weight is 310 g/mol. The zero-order chi connectivity index (χ0) is 15.6. The molecule has 0 aliphatic rings. The Bertz CT molecular complexity index is 679. The molecule has 0 unspecified atom stereocenters. The largest absolute Gasteiger partial charge is 0.495 e. The van der Waals surface area contributed by atoms with Crippen LogP contribution in [0, 0.1) is 13.8 Å². The van der Waals surface area contributed by atoms with E-state index in [1.165, 1.54) is 0 Å². The van der Waals surface area contributed by atoms with Gasteiger partial charge in [0.2, 0.25) is 5.76 Å². The van der Waals surface area contributed by atoms with Crippen LogP contribution in [0.5, 0.6) is 5.75 Å². The van der Waals surface area contributed by atoms with E-state index >= 15 is 0 Å². The Labute approximate surface area is 127 Å². The number of hydrogen-bond acceptors (Lipinski definition) is 4. The summed E-state index contributed by atoms with van der Waals surface area (Å²) in [4.78, 5) is 10.9. The maximum atomic E-state index is 10.9. The van der Waals surface area contributed by atoms with Gasteiger partial charge >= 0.3 is 5.97 Å². The van der Waals surface area contributed by atoms with E-state index in [1.54, 1.807) is 26.2 Å². The van der Waals surface area contributed by atoms with Crippen molar-refractivity contribution in [3.63, 3.8) is 0 Å². The van der Waals surface area contributed by atoms with Gasteiger partial charge in [-0.3, -0.25) is 0 Å². The first kappa shape index (κ1) is 15.3. The first-order valence-corrected chi connectivity index (χ1v) is 6.70. The van der Waals surface area contributed by atoms with Crippen LogP contribution in [-0.2, 0) is 6.54 Å². The van der Waals surface area contributed by atoms with E-state index < -0.39 is 5.97 Å². The van der Waals surface area contributed by atoms with Gasteiger partial charge in [-0.05, 0) is 31.5 Å². The summed E-state index contributed by atoms with van der Waals surface area (Å²) in [5, 5.41) is 12.7. The summed E-state index contributed by atoms with van der Waals surface area (Å²) in [6.45, 7) is 3.95. The summed E-state index contributed by atoms with van der Waals surface area (Å²) in [6.07, 6.45) is 0. The Hall–Kier alpha value is -2.14. The Kier molecular flexibility index (Phi) is 4.43. The molecule has 2 rings (SSSR count). The number of ether oxygens (including phenoxy) is 1. The number of aryl methyl sites for hydroxylation is 2. The number of nitrogens with one attached hydrogen (secondary N) is 1. The van der Waals surface area contributed by atoms with Crippen molar-refractivity contribution in [1.82, 2.24) is 0 Å². The summed E-state index contributed by atoms with van der Waals surface area (Å²) < 4.78 is 10.6. The summed E-state index contributed by atoms with van der Waals surface area (Å²) in [5.41, 5.74) is 2.28. The fourth-order valence-corrected chi connectivity index (χ4v) is 2.15. The van der Waals surface area contributed by atoms with Crippen LogP contribution < -0.4 is 10.1 Å². The van der Waals surface area contributed by atoms with Crippen molar-refractivity contribution < 1.29 is 19.1 Å². The van der Waals surface area contributed by atoms with E-state index in [0.717, 1.165) is 11.3 Å². The molecule has 6 heteroatoms. The normalized spacial score (nSPS) is 10.5. The van der Waals surface area contributed by atoms with Crippen LogP contribution >= 0.6 is 11.6 Å². The minimum atomic E-state index is -1.07. The second kappa shape index (κ2) is 6.10. The van der Waals surface area contributed by atoms with E-state index in [2.05, 4.69) is 5.32 Å². The minimum Gasteiger partial charge on any atom is -0.495 e. The number of carbonyl (C=O) groups is 1. The molecule has 0 saturated carbocycles. The first-order valence-electron chi connectivity index (χ1n) is 6.33. The summed E-state index contributed by atoms with van der Waals surface area (Å²) in [6, 6.07) is 5.30. The molecule has 0 radical (unpaired) electrons. The number of aromatic carboxylic acids is 1. The van der Waals surface area contributed by atoms with Crippen molar-refractivity contribution in [2.45, 2.75) is 20.4 Å². The molecule has 0 saturated heterocycles. The lowest BCUT2D eigenvalue weighted by molar-refractivity contribution is 0.0659. The molecule has 0 spiro atoms. The van der Waals surface area contributed by atoms with Crippen LogP contribution in [0.4, 0.5) is 5.69 Å². The predicted octanol–water partition coefficient (Wildman–Crippen LogP) is 3.87. The zero-order valence-electron chi connectivity index (χ0n) is 12.0. The zero-order valence-corrected chi connectivity index (χ0v) is 12.7. The molecule has 5 nitrogen and oxygen atoms in total. The maximum Gasteiger partial charge on any atom is 0.372 e. The number of carboxylic acid groups (broad SMARTS) is 1. The summed E-state index contributed by atoms with van der Waals surface area (Å²) >= 11 is 6.05. The molecule has 1 aromatic heterocycles. The Balaban J connectivity index is 2.18. The van der Waals surface area contributed by atoms with E-state index in [-0.39, 0.29) is 5.76 Å². The molecule has 0 atom stereocenters. The third kappa shape index (κ3) is 3.31. The molecule has 1 heterocycles. The molecule has 0 amide bonds. The fraction of sp³-hybridized carbons (Fsp3) is 0.267. The van der Waals surface area contributed by atoms with Gasteiger partial charge in [0.15, 0.2) is 0 Å². The lowest BCUT2D eigenvalue weighted by atomic mass is 10.2. The average Bonchev–Trinajstić information content (AvgIpc) is 2.81. The molecular formula is C15H16ClNO4. The van der Waals surface area contributed by atoms with Crippen molar-refractivity contribution in [3.8, 4) is 5.75 Å². The van der Waals surface area contributed by atoms with Gasteiger partial charge < -0.3 is 19.6 Å². The number of halogens is 1. The topological polar surface area (TPSA) is 71.7 Å². The van der Waals surface area contributed by atoms with Gasteiger partial charge in [0.05, 0.1) is 19.3 Å². The highest BCUT2D eigenvalue weighted by Gasteiger charge is 2.14. The lowest BCUT2D eigenvalue weighted by Gasteiger charge is -2.12. The van der Waals surface area contributed by atoms with E-state index in [0.29, 0.717) is 28.6 Å². The van der Waals surface area contributed by atoms with Gasteiger partial charge in [0.1, 0.15) is 11.5 Å². The summed E-state index contributed by atoms with van der Waals surface area (Å²) in [5.74, 6) is 0.0524. The molecular weight excluding hydrogens is 294 g/mol.